The quantitative estimate of drug-likeness (QED) is 0.637. The molecule has 0 saturated carbocycles. The van der Waals surface area contributed by atoms with Crippen LogP contribution in [0.5, 0.6) is 0 Å². The monoisotopic (exact) mass is 199 g/mol. The van der Waals surface area contributed by atoms with Gasteiger partial charge in [0.1, 0.15) is 0 Å². The van der Waals surface area contributed by atoms with Gasteiger partial charge in [0.25, 0.3) is 0 Å². The van der Waals surface area contributed by atoms with Crippen molar-refractivity contribution in [3.05, 3.63) is 0 Å². The van der Waals surface area contributed by atoms with E-state index in [-0.39, 0.29) is 0 Å². The van der Waals surface area contributed by atoms with Crippen LogP contribution in [-0.4, -0.2) is 25.3 Å². The van der Waals surface area contributed by atoms with Crippen molar-refractivity contribution in [2.24, 2.45) is 0 Å². The molecule has 1 aliphatic heterocycles. The topological polar surface area (TPSA) is 21.3 Å². The van der Waals surface area contributed by atoms with E-state index in [9.17, 15) is 0 Å². The van der Waals surface area contributed by atoms with Crippen molar-refractivity contribution in [1.82, 2.24) is 5.32 Å². The maximum Gasteiger partial charge on any atom is 0.0576 e. The number of hydrogen-bond acceptors (Lipinski definition) is 2. The first-order valence-electron chi connectivity index (χ1n) is 6.18. The standard InChI is InChI=1S/C12H25NO/c1-3-4-9-13-11(2)7-8-12-6-5-10-14-12/h11-13H,3-10H2,1-2H3. The summed E-state index contributed by atoms with van der Waals surface area (Å²) in [6, 6.07) is 0.658. The maximum atomic E-state index is 5.60. The van der Waals surface area contributed by atoms with Crippen LogP contribution in [0.15, 0.2) is 0 Å². The Morgan fingerprint density at radius 3 is 3.00 bits per heavy atom. The van der Waals surface area contributed by atoms with Crippen LogP contribution in [0.4, 0.5) is 0 Å². The molecule has 1 heterocycles. The number of ether oxygens (including phenoxy) is 1. The Labute approximate surface area is 88.4 Å². The lowest BCUT2D eigenvalue weighted by Crippen LogP contribution is -2.27. The number of nitrogens with one attached hydrogen (secondary N) is 1. The van der Waals surface area contributed by atoms with Crippen LogP contribution in [0, 0.1) is 0 Å². The molecular formula is C12H25NO. The minimum Gasteiger partial charge on any atom is -0.378 e. The van der Waals surface area contributed by atoms with Gasteiger partial charge in [0.15, 0.2) is 0 Å². The van der Waals surface area contributed by atoms with Crippen molar-refractivity contribution in [3.63, 3.8) is 0 Å². The predicted octanol–water partition coefficient (Wildman–Crippen LogP) is 2.72. The van der Waals surface area contributed by atoms with Gasteiger partial charge in [-0.05, 0) is 45.6 Å². The molecule has 84 valence electrons. The SMILES string of the molecule is CCCCNC(C)CCC1CCCO1. The van der Waals surface area contributed by atoms with Gasteiger partial charge >= 0.3 is 0 Å². The van der Waals surface area contributed by atoms with Crippen LogP contribution in [-0.2, 0) is 4.74 Å². The van der Waals surface area contributed by atoms with E-state index in [1.807, 2.05) is 0 Å². The molecule has 0 aromatic heterocycles. The van der Waals surface area contributed by atoms with E-state index >= 15 is 0 Å². The second-order valence-corrected chi connectivity index (χ2v) is 4.42. The Morgan fingerprint density at radius 1 is 1.50 bits per heavy atom. The number of unbranched alkanes of at least 4 members (excludes halogenated alkanes) is 1. The largest absolute Gasteiger partial charge is 0.378 e. The molecule has 14 heavy (non-hydrogen) atoms. The van der Waals surface area contributed by atoms with Crippen molar-refractivity contribution in [2.75, 3.05) is 13.2 Å². The molecule has 0 amide bonds. The molecule has 2 unspecified atom stereocenters. The molecule has 0 aliphatic carbocycles. The van der Waals surface area contributed by atoms with Crippen molar-refractivity contribution in [2.45, 2.75) is 64.5 Å². The van der Waals surface area contributed by atoms with Crippen molar-refractivity contribution >= 4 is 0 Å². The molecule has 1 rings (SSSR count). The molecule has 1 saturated heterocycles. The molecule has 1 N–H and O–H groups in total. The molecule has 1 aliphatic rings. The Bertz CT molecular complexity index is 132. The minimum absolute atomic E-state index is 0.561. The number of rotatable bonds is 7. The fourth-order valence-electron chi connectivity index (χ4n) is 1.94. The van der Waals surface area contributed by atoms with Crippen LogP contribution in [0.3, 0.4) is 0 Å². The highest BCUT2D eigenvalue weighted by Gasteiger charge is 2.15. The molecular weight excluding hydrogens is 174 g/mol. The summed E-state index contributed by atoms with van der Waals surface area (Å²) in [5.41, 5.74) is 0. The summed E-state index contributed by atoms with van der Waals surface area (Å²) in [4.78, 5) is 0. The lowest BCUT2D eigenvalue weighted by atomic mass is 10.1. The fraction of sp³-hybridized carbons (Fsp3) is 1.00. The third-order valence-electron chi connectivity index (χ3n) is 2.97. The average Bonchev–Trinajstić information content (AvgIpc) is 2.68. The van der Waals surface area contributed by atoms with Crippen molar-refractivity contribution in [1.29, 1.82) is 0 Å². The van der Waals surface area contributed by atoms with E-state index in [0.717, 1.165) is 6.61 Å². The molecule has 0 aromatic carbocycles. The summed E-state index contributed by atoms with van der Waals surface area (Å²) in [6.45, 7) is 6.68. The van der Waals surface area contributed by atoms with Gasteiger partial charge in [-0.15, -0.1) is 0 Å². The van der Waals surface area contributed by atoms with Gasteiger partial charge in [0, 0.05) is 12.6 Å². The lowest BCUT2D eigenvalue weighted by Gasteiger charge is -2.15. The highest BCUT2D eigenvalue weighted by atomic mass is 16.5. The zero-order chi connectivity index (χ0) is 10.2. The summed E-state index contributed by atoms with van der Waals surface area (Å²) in [5.74, 6) is 0. The fourth-order valence-corrected chi connectivity index (χ4v) is 1.94. The van der Waals surface area contributed by atoms with Gasteiger partial charge in [0.2, 0.25) is 0 Å². The maximum absolute atomic E-state index is 5.60. The van der Waals surface area contributed by atoms with Crippen molar-refractivity contribution < 1.29 is 4.74 Å². The molecule has 2 nitrogen and oxygen atoms in total. The molecule has 2 atom stereocenters. The first kappa shape index (κ1) is 12.0. The lowest BCUT2D eigenvalue weighted by molar-refractivity contribution is 0.100. The van der Waals surface area contributed by atoms with E-state index in [2.05, 4.69) is 19.2 Å². The smallest absolute Gasteiger partial charge is 0.0576 e. The van der Waals surface area contributed by atoms with E-state index in [1.54, 1.807) is 0 Å². The Kier molecular flexibility index (Phi) is 6.20. The van der Waals surface area contributed by atoms with Crippen LogP contribution in [0.1, 0.15) is 52.4 Å². The molecule has 1 fully saturated rings. The summed E-state index contributed by atoms with van der Waals surface area (Å²) in [6.07, 6.45) is 8.18. The third-order valence-corrected chi connectivity index (χ3v) is 2.97. The van der Waals surface area contributed by atoms with Gasteiger partial charge in [-0.25, -0.2) is 0 Å². The summed E-state index contributed by atoms with van der Waals surface area (Å²) >= 11 is 0. The highest BCUT2D eigenvalue weighted by molar-refractivity contribution is 4.69. The predicted molar refractivity (Wildman–Crippen MR) is 60.6 cm³/mol. The minimum atomic E-state index is 0.561. The molecule has 2 heteroatoms. The molecule has 0 spiro atoms. The van der Waals surface area contributed by atoms with E-state index < -0.39 is 0 Å². The van der Waals surface area contributed by atoms with E-state index in [4.69, 9.17) is 4.74 Å². The first-order chi connectivity index (χ1) is 6.83. The zero-order valence-electron chi connectivity index (χ0n) is 9.72. The van der Waals surface area contributed by atoms with Crippen molar-refractivity contribution in [3.8, 4) is 0 Å². The Hall–Kier alpha value is -0.0800. The van der Waals surface area contributed by atoms with Gasteiger partial charge in [0.05, 0.1) is 6.10 Å². The summed E-state index contributed by atoms with van der Waals surface area (Å²) < 4.78 is 5.60. The zero-order valence-corrected chi connectivity index (χ0v) is 9.72. The normalized spacial score (nSPS) is 24.0. The van der Waals surface area contributed by atoms with E-state index in [1.165, 1.54) is 45.1 Å². The Morgan fingerprint density at radius 2 is 2.36 bits per heavy atom. The highest BCUT2D eigenvalue weighted by Crippen LogP contribution is 2.17. The average molecular weight is 199 g/mol. The summed E-state index contributed by atoms with van der Waals surface area (Å²) in [5, 5.41) is 3.55. The van der Waals surface area contributed by atoms with Crippen LogP contribution in [0.25, 0.3) is 0 Å². The molecule has 0 bridgehead atoms. The number of hydrogen-bond donors (Lipinski definition) is 1. The second-order valence-electron chi connectivity index (χ2n) is 4.42. The second kappa shape index (κ2) is 7.24. The molecule has 0 radical (unpaired) electrons. The van der Waals surface area contributed by atoms with Crippen LogP contribution in [0.2, 0.25) is 0 Å². The van der Waals surface area contributed by atoms with Gasteiger partial charge in [-0.2, -0.15) is 0 Å². The van der Waals surface area contributed by atoms with Gasteiger partial charge in [-0.3, -0.25) is 0 Å². The summed E-state index contributed by atoms with van der Waals surface area (Å²) in [7, 11) is 0. The molecule has 0 aromatic rings. The first-order valence-corrected chi connectivity index (χ1v) is 6.18. The van der Waals surface area contributed by atoms with E-state index in [0.29, 0.717) is 12.1 Å². The Balaban J connectivity index is 1.93. The van der Waals surface area contributed by atoms with Crippen LogP contribution >= 0.6 is 0 Å². The van der Waals surface area contributed by atoms with Gasteiger partial charge in [-0.1, -0.05) is 13.3 Å². The van der Waals surface area contributed by atoms with Gasteiger partial charge < -0.3 is 10.1 Å². The van der Waals surface area contributed by atoms with Crippen LogP contribution < -0.4 is 5.32 Å². The third kappa shape index (κ3) is 4.97.